The van der Waals surface area contributed by atoms with Crippen molar-refractivity contribution >= 4 is 8.32 Å². The van der Waals surface area contributed by atoms with E-state index in [0.29, 0.717) is 6.61 Å². The van der Waals surface area contributed by atoms with Crippen LogP contribution in [0.1, 0.15) is 73.1 Å². The molecule has 5 heteroatoms. The van der Waals surface area contributed by atoms with Crippen LogP contribution in [0.3, 0.4) is 0 Å². The summed E-state index contributed by atoms with van der Waals surface area (Å²) in [5, 5.41) is 9.98. The highest BCUT2D eigenvalue weighted by atomic mass is 28.4. The van der Waals surface area contributed by atoms with E-state index < -0.39 is 14.6 Å². The number of hydrogen-bond acceptors (Lipinski definition) is 4. The van der Waals surface area contributed by atoms with Crippen LogP contribution in [0, 0.1) is 5.92 Å². The summed E-state index contributed by atoms with van der Waals surface area (Å²) in [7, 11) is -1.76. The van der Waals surface area contributed by atoms with Gasteiger partial charge >= 0.3 is 0 Å². The average molecular weight is 347 g/mol. The van der Waals surface area contributed by atoms with Crippen molar-refractivity contribution in [3.8, 4) is 0 Å². The first kappa shape index (κ1) is 21.1. The fourth-order valence-electron chi connectivity index (χ4n) is 3.42. The van der Waals surface area contributed by atoms with Crippen molar-refractivity contribution in [2.45, 2.75) is 103 Å². The van der Waals surface area contributed by atoms with E-state index in [4.69, 9.17) is 14.2 Å². The topological polar surface area (TPSA) is 47.9 Å². The minimum atomic E-state index is -1.76. The molecule has 0 spiro atoms. The van der Waals surface area contributed by atoms with Gasteiger partial charge in [0, 0.05) is 5.92 Å². The summed E-state index contributed by atoms with van der Waals surface area (Å²) in [5.41, 5.74) is -0.327. The lowest BCUT2D eigenvalue weighted by atomic mass is 9.86. The Labute approximate surface area is 144 Å². The van der Waals surface area contributed by atoms with Gasteiger partial charge in [-0.15, -0.1) is 0 Å². The van der Waals surface area contributed by atoms with Gasteiger partial charge in [-0.3, -0.25) is 4.58 Å². The van der Waals surface area contributed by atoms with Gasteiger partial charge in [-0.05, 0) is 44.3 Å². The second kappa shape index (κ2) is 10.1. The Morgan fingerprint density at radius 3 is 2.26 bits per heavy atom. The van der Waals surface area contributed by atoms with E-state index in [1.54, 1.807) is 0 Å². The maximum Gasteiger partial charge on any atom is 0.238 e. The number of aliphatic hydroxyl groups excluding tert-OH is 1. The van der Waals surface area contributed by atoms with Crippen molar-refractivity contribution in [3.63, 3.8) is 0 Å². The summed E-state index contributed by atoms with van der Waals surface area (Å²) < 4.78 is 11.4. The molecule has 1 heterocycles. The zero-order valence-electron chi connectivity index (χ0n) is 15.9. The van der Waals surface area contributed by atoms with Gasteiger partial charge in [-0.2, -0.15) is 0 Å². The molecule has 4 nitrogen and oxygen atoms in total. The zero-order valence-corrected chi connectivity index (χ0v) is 16.9. The number of hydrogen-bond donors (Lipinski definition) is 1. The molecule has 0 bridgehead atoms. The third-order valence-corrected chi connectivity index (χ3v) is 9.84. The summed E-state index contributed by atoms with van der Waals surface area (Å²) >= 11 is 0. The van der Waals surface area contributed by atoms with Crippen molar-refractivity contribution in [2.75, 3.05) is 6.61 Å². The fraction of sp³-hybridized carbons (Fsp3) is 1.00. The van der Waals surface area contributed by atoms with Crippen LogP contribution in [0.2, 0.25) is 18.1 Å². The maximum absolute atomic E-state index is 9.98. The lowest BCUT2D eigenvalue weighted by Gasteiger charge is -2.36. The zero-order chi connectivity index (χ0) is 17.3. The van der Waals surface area contributed by atoms with Gasteiger partial charge in [0.05, 0.1) is 12.2 Å². The van der Waals surface area contributed by atoms with E-state index in [2.05, 4.69) is 34.6 Å². The molecule has 1 N–H and O–H groups in total. The molecule has 1 aliphatic rings. The van der Waals surface area contributed by atoms with Gasteiger partial charge in [-0.1, -0.05) is 47.0 Å². The number of rotatable bonds is 12. The predicted molar refractivity (Wildman–Crippen MR) is 96.6 cm³/mol. The molecule has 0 radical (unpaired) electrons. The molecule has 0 aliphatic carbocycles. The summed E-state index contributed by atoms with van der Waals surface area (Å²) in [4.78, 5) is 6.12. The SMILES string of the molecule is CCCCC[C@](C)(C[C@@H]1CCO[C@H]1O)OO[Si](CC)(CC)CC. The highest BCUT2D eigenvalue weighted by molar-refractivity contribution is 6.73. The third kappa shape index (κ3) is 6.46. The van der Waals surface area contributed by atoms with Crippen LogP contribution in [-0.2, 0) is 14.2 Å². The first-order valence-electron chi connectivity index (χ1n) is 9.60. The van der Waals surface area contributed by atoms with E-state index in [-0.39, 0.29) is 11.5 Å². The molecule has 1 saturated heterocycles. The number of aliphatic hydroxyl groups is 1. The molecule has 1 aliphatic heterocycles. The molecule has 23 heavy (non-hydrogen) atoms. The van der Waals surface area contributed by atoms with E-state index in [1.807, 2.05) is 0 Å². The molecule has 138 valence electrons. The van der Waals surface area contributed by atoms with Crippen LogP contribution in [0.15, 0.2) is 0 Å². The standard InChI is InChI=1S/C18H38O4Si/c1-6-10-11-13-18(5,15-16-12-14-20-17(16)19)21-22-23(7-2,8-3)9-4/h16-17,19H,6-15H2,1-5H3/t16-,17+,18+/m0/s1. The van der Waals surface area contributed by atoms with Crippen molar-refractivity contribution in [2.24, 2.45) is 5.92 Å². The molecule has 0 aromatic carbocycles. The second-order valence-electron chi connectivity index (χ2n) is 7.33. The van der Waals surface area contributed by atoms with Gasteiger partial charge in [-0.25, -0.2) is 4.89 Å². The van der Waals surface area contributed by atoms with E-state index in [1.165, 1.54) is 12.8 Å². The first-order valence-corrected chi connectivity index (χ1v) is 12.1. The largest absolute Gasteiger partial charge is 0.368 e. The number of ether oxygens (including phenoxy) is 1. The van der Waals surface area contributed by atoms with Gasteiger partial charge < -0.3 is 9.84 Å². The van der Waals surface area contributed by atoms with Gasteiger partial charge in [0.25, 0.3) is 0 Å². The van der Waals surface area contributed by atoms with Crippen LogP contribution in [0.4, 0.5) is 0 Å². The number of unbranched alkanes of at least 4 members (excludes halogenated alkanes) is 2. The Balaban J connectivity index is 2.69. The summed E-state index contributed by atoms with van der Waals surface area (Å²) in [6.07, 6.45) is 5.59. The van der Waals surface area contributed by atoms with Crippen LogP contribution in [0.5, 0.6) is 0 Å². The van der Waals surface area contributed by atoms with E-state index in [0.717, 1.165) is 43.8 Å². The minimum Gasteiger partial charge on any atom is -0.368 e. The molecule has 0 aromatic rings. The van der Waals surface area contributed by atoms with Crippen molar-refractivity contribution in [3.05, 3.63) is 0 Å². The summed E-state index contributed by atoms with van der Waals surface area (Å²) in [6.45, 7) is 11.7. The van der Waals surface area contributed by atoms with Gasteiger partial charge in [0.15, 0.2) is 6.29 Å². The molecule has 0 amide bonds. The third-order valence-electron chi connectivity index (χ3n) is 5.54. The predicted octanol–water partition coefficient (Wildman–Crippen LogP) is 5.02. The van der Waals surface area contributed by atoms with Crippen molar-refractivity contribution in [1.82, 2.24) is 0 Å². The first-order chi connectivity index (χ1) is 10.9. The molecule has 0 unspecified atom stereocenters. The van der Waals surface area contributed by atoms with E-state index >= 15 is 0 Å². The molecule has 1 rings (SSSR count). The highest BCUT2D eigenvalue weighted by Gasteiger charge is 2.39. The molecule has 1 fully saturated rings. The fourth-order valence-corrected chi connectivity index (χ4v) is 5.65. The smallest absolute Gasteiger partial charge is 0.238 e. The van der Waals surface area contributed by atoms with Crippen molar-refractivity contribution in [1.29, 1.82) is 0 Å². The quantitative estimate of drug-likeness (QED) is 0.233. The lowest BCUT2D eigenvalue weighted by Crippen LogP contribution is -2.42. The average Bonchev–Trinajstić information content (AvgIpc) is 2.94. The van der Waals surface area contributed by atoms with Gasteiger partial charge in [0.2, 0.25) is 8.32 Å². The Bertz CT molecular complexity index is 314. The summed E-state index contributed by atoms with van der Waals surface area (Å²) in [6, 6.07) is 3.25. The second-order valence-corrected chi connectivity index (χ2v) is 12.0. The Morgan fingerprint density at radius 2 is 1.78 bits per heavy atom. The van der Waals surface area contributed by atoms with Crippen LogP contribution >= 0.6 is 0 Å². The highest BCUT2D eigenvalue weighted by Crippen LogP contribution is 2.35. The van der Waals surface area contributed by atoms with Gasteiger partial charge in [0.1, 0.15) is 0 Å². The monoisotopic (exact) mass is 346 g/mol. The van der Waals surface area contributed by atoms with Crippen LogP contribution < -0.4 is 0 Å². The minimum absolute atomic E-state index is 0.158. The maximum atomic E-state index is 9.98. The lowest BCUT2D eigenvalue weighted by molar-refractivity contribution is -0.307. The Kier molecular flexibility index (Phi) is 9.30. The van der Waals surface area contributed by atoms with Crippen molar-refractivity contribution < 1.29 is 19.3 Å². The van der Waals surface area contributed by atoms with E-state index in [9.17, 15) is 5.11 Å². The van der Waals surface area contributed by atoms with Crippen LogP contribution in [0.25, 0.3) is 0 Å². The summed E-state index contributed by atoms with van der Waals surface area (Å²) in [5.74, 6) is 0.158. The molecule has 3 atom stereocenters. The Hall–Kier alpha value is 0.0569. The normalized spacial score (nSPS) is 24.8. The molecular formula is C18H38O4Si. The van der Waals surface area contributed by atoms with Crippen LogP contribution in [-0.4, -0.2) is 31.9 Å². The Morgan fingerprint density at radius 1 is 1.13 bits per heavy atom. The molecule has 0 aromatic heterocycles. The molecular weight excluding hydrogens is 308 g/mol. The molecule has 0 saturated carbocycles.